The number of hydrogen-bond acceptors (Lipinski definition) is 4. The molecule has 1 aromatic heterocycles. The molecule has 0 atom stereocenters. The Balaban J connectivity index is 1.38. The molecule has 4 nitrogen and oxygen atoms in total. The third-order valence-electron chi connectivity index (χ3n) is 4.33. The van der Waals surface area contributed by atoms with Crippen LogP contribution in [0.2, 0.25) is 5.02 Å². The number of nitrogens with zero attached hydrogens (tertiary/aromatic N) is 2. The first-order chi connectivity index (χ1) is 12.5. The molecule has 1 aliphatic rings. The van der Waals surface area contributed by atoms with Gasteiger partial charge in [-0.15, -0.1) is 11.3 Å². The van der Waals surface area contributed by atoms with E-state index < -0.39 is 5.82 Å². The number of piperazine rings is 1. The van der Waals surface area contributed by atoms with Gasteiger partial charge in [0.05, 0.1) is 9.47 Å². The second-order valence-electron chi connectivity index (χ2n) is 6.25. The van der Waals surface area contributed by atoms with E-state index in [0.29, 0.717) is 18.0 Å². The summed E-state index contributed by atoms with van der Waals surface area (Å²) in [7, 11) is 0. The van der Waals surface area contributed by atoms with E-state index in [1.165, 1.54) is 17.0 Å². The van der Waals surface area contributed by atoms with Crippen molar-refractivity contribution in [3.8, 4) is 0 Å². The standard InChI is InChI=1S/C18H20BrClFN3OS/c19-17-4-2-14(26-17)12-24-9-7-23(8-10-24)6-5-18(25)22-16-3-1-13(20)11-15(16)21/h1-4,11H,5-10,12H2,(H,22,25). The van der Waals surface area contributed by atoms with Crippen LogP contribution in [0.15, 0.2) is 34.1 Å². The second kappa shape index (κ2) is 9.28. The Labute approximate surface area is 170 Å². The molecule has 0 bridgehead atoms. The second-order valence-corrected chi connectivity index (χ2v) is 9.23. The highest BCUT2D eigenvalue weighted by atomic mass is 79.9. The molecule has 0 radical (unpaired) electrons. The summed E-state index contributed by atoms with van der Waals surface area (Å²) in [5, 5.41) is 2.92. The Morgan fingerprint density at radius 1 is 1.19 bits per heavy atom. The summed E-state index contributed by atoms with van der Waals surface area (Å²) in [4.78, 5) is 18.1. The van der Waals surface area contributed by atoms with E-state index in [1.807, 2.05) is 0 Å². The molecular formula is C18H20BrClFN3OS. The molecule has 3 rings (SSSR count). The minimum atomic E-state index is -0.514. The van der Waals surface area contributed by atoms with Crippen molar-refractivity contribution in [2.75, 3.05) is 38.0 Å². The summed E-state index contributed by atoms with van der Waals surface area (Å²) in [6.07, 6.45) is 0.347. The molecule has 140 valence electrons. The van der Waals surface area contributed by atoms with E-state index in [0.717, 1.165) is 36.5 Å². The van der Waals surface area contributed by atoms with Gasteiger partial charge in [0.2, 0.25) is 5.91 Å². The number of hydrogen-bond donors (Lipinski definition) is 1. The fraction of sp³-hybridized carbons (Fsp3) is 0.389. The van der Waals surface area contributed by atoms with Crippen LogP contribution in [0.5, 0.6) is 0 Å². The molecule has 1 aliphatic heterocycles. The first-order valence-corrected chi connectivity index (χ1v) is 10.4. The molecule has 1 N–H and O–H groups in total. The number of halogens is 3. The molecule has 2 heterocycles. The van der Waals surface area contributed by atoms with Crippen LogP contribution in [0, 0.1) is 5.82 Å². The van der Waals surface area contributed by atoms with Gasteiger partial charge in [0.25, 0.3) is 0 Å². The average molecular weight is 461 g/mol. The fourth-order valence-electron chi connectivity index (χ4n) is 2.89. The van der Waals surface area contributed by atoms with Crippen LogP contribution in [0.4, 0.5) is 10.1 Å². The predicted molar refractivity (Wildman–Crippen MR) is 108 cm³/mol. The van der Waals surface area contributed by atoms with Gasteiger partial charge < -0.3 is 10.2 Å². The largest absolute Gasteiger partial charge is 0.324 e. The Kier molecular flexibility index (Phi) is 7.05. The Morgan fingerprint density at radius 2 is 1.92 bits per heavy atom. The summed E-state index contributed by atoms with van der Waals surface area (Å²) < 4.78 is 14.9. The molecular weight excluding hydrogens is 441 g/mol. The van der Waals surface area contributed by atoms with Crippen molar-refractivity contribution in [1.82, 2.24) is 9.80 Å². The number of benzene rings is 1. The quantitative estimate of drug-likeness (QED) is 0.692. The van der Waals surface area contributed by atoms with Crippen LogP contribution in [-0.4, -0.2) is 48.4 Å². The first-order valence-electron chi connectivity index (χ1n) is 8.43. The highest BCUT2D eigenvalue weighted by molar-refractivity contribution is 9.11. The van der Waals surface area contributed by atoms with Crippen LogP contribution < -0.4 is 5.32 Å². The number of anilines is 1. The molecule has 1 fully saturated rings. The van der Waals surface area contributed by atoms with Gasteiger partial charge in [-0.3, -0.25) is 9.69 Å². The number of nitrogens with one attached hydrogen (secondary N) is 1. The Morgan fingerprint density at radius 3 is 2.58 bits per heavy atom. The zero-order valence-electron chi connectivity index (χ0n) is 14.2. The van der Waals surface area contributed by atoms with Gasteiger partial charge in [-0.25, -0.2) is 4.39 Å². The van der Waals surface area contributed by atoms with E-state index in [2.05, 4.69) is 43.2 Å². The fourth-order valence-corrected chi connectivity index (χ4v) is 4.58. The van der Waals surface area contributed by atoms with Crippen molar-refractivity contribution in [2.45, 2.75) is 13.0 Å². The van der Waals surface area contributed by atoms with E-state index in [-0.39, 0.29) is 11.6 Å². The molecule has 1 aromatic carbocycles. The van der Waals surface area contributed by atoms with Crippen LogP contribution in [0.1, 0.15) is 11.3 Å². The van der Waals surface area contributed by atoms with Gasteiger partial charge in [-0.1, -0.05) is 11.6 Å². The summed E-state index contributed by atoms with van der Waals surface area (Å²) in [5.41, 5.74) is 0.173. The van der Waals surface area contributed by atoms with E-state index in [1.54, 1.807) is 17.4 Å². The zero-order chi connectivity index (χ0) is 18.5. The maximum atomic E-state index is 13.7. The third kappa shape index (κ3) is 5.76. The third-order valence-corrected chi connectivity index (χ3v) is 6.18. The number of carbonyl (C=O) groups is 1. The monoisotopic (exact) mass is 459 g/mol. The Hall–Kier alpha value is -0.990. The molecule has 0 aliphatic carbocycles. The van der Waals surface area contributed by atoms with Gasteiger partial charge in [-0.05, 0) is 46.3 Å². The molecule has 2 aromatic rings. The van der Waals surface area contributed by atoms with Crippen molar-refractivity contribution >= 4 is 50.5 Å². The topological polar surface area (TPSA) is 35.6 Å². The Bertz CT molecular complexity index is 765. The number of amides is 1. The van der Waals surface area contributed by atoms with Gasteiger partial charge in [-0.2, -0.15) is 0 Å². The molecule has 1 amide bonds. The smallest absolute Gasteiger partial charge is 0.225 e. The lowest BCUT2D eigenvalue weighted by Crippen LogP contribution is -2.46. The highest BCUT2D eigenvalue weighted by Crippen LogP contribution is 2.23. The predicted octanol–water partition coefficient (Wildman–Crippen LogP) is 4.45. The van der Waals surface area contributed by atoms with Gasteiger partial charge in [0.1, 0.15) is 5.82 Å². The van der Waals surface area contributed by atoms with Gasteiger partial charge >= 0.3 is 0 Å². The average Bonchev–Trinajstić information content (AvgIpc) is 3.02. The number of rotatable bonds is 6. The summed E-state index contributed by atoms with van der Waals surface area (Å²) in [5.74, 6) is -0.697. The van der Waals surface area contributed by atoms with Crippen molar-refractivity contribution in [1.29, 1.82) is 0 Å². The van der Waals surface area contributed by atoms with Gasteiger partial charge in [0, 0.05) is 55.6 Å². The van der Waals surface area contributed by atoms with Crippen molar-refractivity contribution in [2.24, 2.45) is 0 Å². The molecule has 1 saturated heterocycles. The number of carbonyl (C=O) groups excluding carboxylic acids is 1. The van der Waals surface area contributed by atoms with Crippen molar-refractivity contribution in [3.63, 3.8) is 0 Å². The van der Waals surface area contributed by atoms with Crippen LogP contribution in [-0.2, 0) is 11.3 Å². The lowest BCUT2D eigenvalue weighted by Gasteiger charge is -2.34. The maximum Gasteiger partial charge on any atom is 0.225 e. The number of thiophene rings is 1. The summed E-state index contributed by atoms with van der Waals surface area (Å²) in [6.45, 7) is 5.51. The van der Waals surface area contributed by atoms with Crippen molar-refractivity contribution in [3.05, 3.63) is 49.8 Å². The van der Waals surface area contributed by atoms with Crippen LogP contribution in [0.3, 0.4) is 0 Å². The molecule has 0 saturated carbocycles. The minimum Gasteiger partial charge on any atom is -0.324 e. The van der Waals surface area contributed by atoms with Crippen LogP contribution in [0.25, 0.3) is 0 Å². The molecule has 0 unspecified atom stereocenters. The lowest BCUT2D eigenvalue weighted by molar-refractivity contribution is -0.116. The van der Waals surface area contributed by atoms with E-state index in [9.17, 15) is 9.18 Å². The first kappa shape index (κ1) is 19.8. The summed E-state index contributed by atoms with van der Waals surface area (Å²) >= 11 is 11.0. The molecule has 26 heavy (non-hydrogen) atoms. The lowest BCUT2D eigenvalue weighted by atomic mass is 10.2. The van der Waals surface area contributed by atoms with Gasteiger partial charge in [0.15, 0.2) is 0 Å². The van der Waals surface area contributed by atoms with E-state index >= 15 is 0 Å². The van der Waals surface area contributed by atoms with E-state index in [4.69, 9.17) is 11.6 Å². The molecule has 0 spiro atoms. The summed E-state index contributed by atoms with van der Waals surface area (Å²) in [6, 6.07) is 8.48. The van der Waals surface area contributed by atoms with Crippen molar-refractivity contribution < 1.29 is 9.18 Å². The SMILES string of the molecule is O=C(CCN1CCN(Cc2ccc(Br)s2)CC1)Nc1ccc(Cl)cc1F. The zero-order valence-corrected chi connectivity index (χ0v) is 17.3. The molecule has 8 heteroatoms. The maximum absolute atomic E-state index is 13.7. The minimum absolute atomic E-state index is 0.173. The normalized spacial score (nSPS) is 16.0. The van der Waals surface area contributed by atoms with Crippen LogP contribution >= 0.6 is 38.9 Å². The highest BCUT2D eigenvalue weighted by Gasteiger charge is 2.18.